The molecule has 4 rings (SSSR count). The predicted octanol–water partition coefficient (Wildman–Crippen LogP) is 6.71. The Labute approximate surface area is 624 Å². The van der Waals surface area contributed by atoms with Gasteiger partial charge in [-0.2, -0.15) is 0 Å². The van der Waals surface area contributed by atoms with E-state index in [1.54, 1.807) is 76.0 Å². The van der Waals surface area contributed by atoms with Crippen molar-refractivity contribution in [3.8, 4) is 0 Å². The minimum atomic E-state index is -0.755. The van der Waals surface area contributed by atoms with Gasteiger partial charge in [-0.15, -0.1) is 0 Å². The van der Waals surface area contributed by atoms with Crippen LogP contribution in [0.1, 0.15) is 159 Å². The molecular formula is C80H138N10O14. The van der Waals surface area contributed by atoms with Crippen LogP contribution in [0.25, 0.3) is 0 Å². The third-order valence-electron chi connectivity index (χ3n) is 21.7. The van der Waals surface area contributed by atoms with Crippen LogP contribution in [0.4, 0.5) is 0 Å². The molecule has 592 valence electrons. The van der Waals surface area contributed by atoms with E-state index >= 15 is 0 Å². The summed E-state index contributed by atoms with van der Waals surface area (Å²) in [6, 6.07) is 14.6. The van der Waals surface area contributed by atoms with E-state index in [9.17, 15) is 48.6 Å². The van der Waals surface area contributed by atoms with Crippen molar-refractivity contribution in [3.05, 3.63) is 71.8 Å². The van der Waals surface area contributed by atoms with Gasteiger partial charge >= 0.3 is 0 Å². The maximum absolute atomic E-state index is 14.2. The summed E-state index contributed by atoms with van der Waals surface area (Å²) >= 11 is 0. The summed E-state index contributed by atoms with van der Waals surface area (Å²) in [6.45, 7) is 28.0. The number of ether oxygens (including phenoxy) is 4. The van der Waals surface area contributed by atoms with Crippen LogP contribution < -0.4 is 21.3 Å². The SMILES string of the molecule is CC[C@H](C)[C@@H]([C@@H](CC(=O)N1CCC[C@H]1[C@H](OC)[C@@H](C)C(=O)N[C@@H](CO)Cc1ccccc1)OC)N(C)C(=O)[C@@H](NC(=O)[C@H](C(C)C)N(C)C)C(C)C.CC[C@H](C)[C@@H]([C@@H](CC(=O)N1CCC[C@H]1[C@H](OC)[C@@H](C)C(=O)N[C@H](CO)Cc1ccccc1)OC)N(C)C(=O)[C@@H](NC(=O)[C@H](C(C)C)N(C)C)C(C)C. The lowest BCUT2D eigenvalue weighted by molar-refractivity contribution is -0.148. The first kappa shape index (κ1) is 92.1. The largest absolute Gasteiger partial charge is 0.394 e. The molecule has 0 aliphatic carbocycles. The number of hydrogen-bond donors (Lipinski definition) is 6. The number of benzene rings is 2. The Bertz CT molecular complexity index is 2700. The molecule has 24 heteroatoms. The van der Waals surface area contributed by atoms with Gasteiger partial charge in [-0.1, -0.05) is 170 Å². The third kappa shape index (κ3) is 26.1. The minimum absolute atomic E-state index is 0.0134. The van der Waals surface area contributed by atoms with E-state index in [4.69, 9.17) is 18.9 Å². The predicted molar refractivity (Wildman–Crippen MR) is 409 cm³/mol. The molecule has 0 unspecified atom stereocenters. The van der Waals surface area contributed by atoms with Gasteiger partial charge in [0.15, 0.2) is 0 Å². The van der Waals surface area contributed by atoms with Crippen molar-refractivity contribution in [1.82, 2.24) is 50.7 Å². The number of rotatable bonds is 42. The second-order valence-electron chi connectivity index (χ2n) is 31.1. The Hall–Kier alpha value is -6.12. The first-order valence-corrected chi connectivity index (χ1v) is 38.1. The summed E-state index contributed by atoms with van der Waals surface area (Å²) in [5.74, 6) is -3.04. The highest BCUT2D eigenvalue weighted by Gasteiger charge is 2.46. The van der Waals surface area contributed by atoms with Crippen LogP contribution in [0.5, 0.6) is 0 Å². The van der Waals surface area contributed by atoms with Gasteiger partial charge in [0.25, 0.3) is 0 Å². The summed E-state index contributed by atoms with van der Waals surface area (Å²) in [4.78, 5) is 121. The number of likely N-dealkylation sites (tertiary alicyclic amines) is 2. The zero-order valence-corrected chi connectivity index (χ0v) is 67.9. The quantitative estimate of drug-likeness (QED) is 0.0403. The van der Waals surface area contributed by atoms with Crippen molar-refractivity contribution in [2.45, 2.75) is 246 Å². The van der Waals surface area contributed by atoms with Crippen LogP contribution in [0, 0.1) is 47.3 Å². The molecule has 2 heterocycles. The van der Waals surface area contributed by atoms with E-state index < -0.39 is 84.6 Å². The van der Waals surface area contributed by atoms with E-state index in [-0.39, 0.29) is 121 Å². The number of amides is 8. The van der Waals surface area contributed by atoms with E-state index in [1.807, 2.05) is 182 Å². The maximum atomic E-state index is 14.2. The fourth-order valence-corrected chi connectivity index (χ4v) is 15.6. The second-order valence-corrected chi connectivity index (χ2v) is 31.1. The molecule has 24 nitrogen and oxygen atoms in total. The number of nitrogens with zero attached hydrogens (tertiary/aromatic N) is 6. The van der Waals surface area contributed by atoms with Crippen molar-refractivity contribution in [2.24, 2.45) is 47.3 Å². The number of methoxy groups -OCH3 is 4. The van der Waals surface area contributed by atoms with Crippen LogP contribution in [-0.2, 0) is 70.1 Å². The molecule has 104 heavy (non-hydrogen) atoms. The fraction of sp³-hybridized carbons (Fsp3) is 0.750. The lowest BCUT2D eigenvalue weighted by Gasteiger charge is -2.41. The van der Waals surface area contributed by atoms with Crippen LogP contribution in [0.3, 0.4) is 0 Å². The Balaban J connectivity index is 0.000000540. The number of carbonyl (C=O) groups excluding carboxylic acids is 8. The molecule has 2 aromatic carbocycles. The van der Waals surface area contributed by atoms with E-state index in [1.165, 1.54) is 0 Å². The molecule has 18 atom stereocenters. The monoisotopic (exact) mass is 1460 g/mol. The van der Waals surface area contributed by atoms with Gasteiger partial charge in [0, 0.05) is 55.6 Å². The summed E-state index contributed by atoms with van der Waals surface area (Å²) in [7, 11) is 17.2. The van der Waals surface area contributed by atoms with Gasteiger partial charge in [-0.3, -0.25) is 48.2 Å². The summed E-state index contributed by atoms with van der Waals surface area (Å²) in [5, 5.41) is 32.1. The second kappa shape index (κ2) is 45.5. The van der Waals surface area contributed by atoms with Crippen molar-refractivity contribution in [2.75, 3.05) is 97.0 Å². The van der Waals surface area contributed by atoms with Crippen molar-refractivity contribution >= 4 is 47.3 Å². The Kier molecular flexibility index (Phi) is 40.3. The third-order valence-corrected chi connectivity index (χ3v) is 21.7. The molecule has 0 aromatic heterocycles. The smallest absolute Gasteiger partial charge is 0.245 e. The lowest BCUT2D eigenvalue weighted by Crippen LogP contribution is -2.59. The molecule has 6 N–H and O–H groups in total. The average molecular weight is 1460 g/mol. The standard InChI is InChI=1S/2C40H69N5O7/c2*1-13-27(6)36(44(10)40(50)34(25(2)3)42-39(49)35(26(4)5)43(8)9)32(51-11)23-33(47)45-21-17-20-31(45)37(52-12)28(7)38(48)41-30(24-46)22-29-18-15-14-16-19-29/h2*14-16,18-19,25-28,30-32,34-37,46H,13,17,20-24H2,1-12H3,(H,41,48)(H,42,49)/t27-,28+,30+,31-,32+,34-,35-,36-,37+;27-,28+,30-,31-,32+,34-,35-,36-,37+/m00/s1. The molecular weight excluding hydrogens is 1320 g/mol. The molecule has 2 aromatic rings. The number of hydrogen-bond acceptors (Lipinski definition) is 16. The van der Waals surface area contributed by atoms with Gasteiger partial charge in [0.2, 0.25) is 47.3 Å². The Morgan fingerprint density at radius 1 is 0.462 bits per heavy atom. The normalized spacial score (nSPS) is 19.5. The van der Waals surface area contributed by atoms with Gasteiger partial charge in [0.05, 0.1) is 111 Å². The topological polar surface area (TPSA) is 281 Å². The van der Waals surface area contributed by atoms with Crippen LogP contribution in [0.2, 0.25) is 0 Å². The average Bonchev–Trinajstić information content (AvgIpc) is 1.34. The van der Waals surface area contributed by atoms with Crippen molar-refractivity contribution in [1.29, 1.82) is 0 Å². The van der Waals surface area contributed by atoms with Gasteiger partial charge in [0.1, 0.15) is 12.1 Å². The van der Waals surface area contributed by atoms with Gasteiger partial charge < -0.3 is 70.0 Å². The number of nitrogens with one attached hydrogen (secondary N) is 4. The van der Waals surface area contributed by atoms with Crippen LogP contribution in [0.15, 0.2) is 60.7 Å². The number of aliphatic hydroxyl groups is 2. The van der Waals surface area contributed by atoms with Gasteiger partial charge in [-0.25, -0.2) is 0 Å². The molecule has 0 bridgehead atoms. The maximum Gasteiger partial charge on any atom is 0.245 e. The molecule has 0 saturated carbocycles. The number of likely N-dealkylation sites (N-methyl/N-ethyl adjacent to an activating group) is 4. The van der Waals surface area contributed by atoms with Crippen molar-refractivity contribution in [3.63, 3.8) is 0 Å². The fourth-order valence-electron chi connectivity index (χ4n) is 15.6. The highest BCUT2D eigenvalue weighted by atomic mass is 16.5. The van der Waals surface area contributed by atoms with Crippen LogP contribution in [-0.4, -0.2) is 269 Å². The Morgan fingerprint density at radius 2 is 0.779 bits per heavy atom. The Morgan fingerprint density at radius 3 is 1.03 bits per heavy atom. The molecule has 0 radical (unpaired) electrons. The van der Waals surface area contributed by atoms with Crippen molar-refractivity contribution < 1.29 is 67.5 Å². The van der Waals surface area contributed by atoms with Crippen LogP contribution >= 0.6 is 0 Å². The zero-order chi connectivity index (χ0) is 78.6. The molecule has 8 amide bonds. The molecule has 2 aliphatic rings. The molecule has 2 fully saturated rings. The minimum Gasteiger partial charge on any atom is -0.394 e. The highest BCUT2D eigenvalue weighted by molar-refractivity contribution is 5.91. The molecule has 0 spiro atoms. The van der Waals surface area contributed by atoms with E-state index in [0.29, 0.717) is 38.8 Å². The lowest BCUT2D eigenvalue weighted by atomic mass is 9.89. The molecule has 2 aliphatic heterocycles. The molecule has 2 saturated heterocycles. The van der Waals surface area contributed by atoms with Gasteiger partial charge in [-0.05, 0) is 113 Å². The highest BCUT2D eigenvalue weighted by Crippen LogP contribution is 2.33. The van der Waals surface area contributed by atoms with E-state index in [0.717, 1.165) is 36.8 Å². The first-order chi connectivity index (χ1) is 49.1. The van der Waals surface area contributed by atoms with E-state index in [2.05, 4.69) is 21.3 Å². The zero-order valence-electron chi connectivity index (χ0n) is 67.9. The number of carbonyl (C=O) groups is 8. The summed E-state index contributed by atoms with van der Waals surface area (Å²) < 4.78 is 23.9. The summed E-state index contributed by atoms with van der Waals surface area (Å²) in [6.07, 6.45) is 3.09. The first-order valence-electron chi connectivity index (χ1n) is 38.1. The number of aliphatic hydroxyl groups excluding tert-OH is 2. The summed E-state index contributed by atoms with van der Waals surface area (Å²) in [5.41, 5.74) is 2.02.